The van der Waals surface area contributed by atoms with E-state index >= 15 is 0 Å². The van der Waals surface area contributed by atoms with Crippen LogP contribution in [0.15, 0.2) is 41.8 Å². The van der Waals surface area contributed by atoms with Gasteiger partial charge in [0.2, 0.25) is 5.91 Å². The van der Waals surface area contributed by atoms with Gasteiger partial charge in [0.05, 0.1) is 12.6 Å². The van der Waals surface area contributed by atoms with Gasteiger partial charge in [-0.05, 0) is 30.4 Å². The number of benzene rings is 1. The fourth-order valence-electron chi connectivity index (χ4n) is 2.64. The average Bonchev–Trinajstić information content (AvgIpc) is 3.01. The van der Waals surface area contributed by atoms with Crippen LogP contribution >= 0.6 is 11.3 Å². The SMILES string of the molecule is O=C(CCCc1cccs1)NC1CCOc2ccccc21. The van der Waals surface area contributed by atoms with Gasteiger partial charge >= 0.3 is 0 Å². The third kappa shape index (κ3) is 3.64. The van der Waals surface area contributed by atoms with E-state index in [1.54, 1.807) is 11.3 Å². The van der Waals surface area contributed by atoms with Crippen molar-refractivity contribution >= 4 is 17.2 Å². The predicted octanol–water partition coefficient (Wildman–Crippen LogP) is 3.71. The molecule has 0 fully saturated rings. The van der Waals surface area contributed by atoms with E-state index in [2.05, 4.69) is 22.8 Å². The first kappa shape index (κ1) is 14.1. The van der Waals surface area contributed by atoms with E-state index in [-0.39, 0.29) is 11.9 Å². The summed E-state index contributed by atoms with van der Waals surface area (Å²) in [5, 5.41) is 5.22. The maximum Gasteiger partial charge on any atom is 0.220 e. The Morgan fingerprint density at radius 3 is 3.05 bits per heavy atom. The monoisotopic (exact) mass is 301 g/mol. The first-order valence-electron chi connectivity index (χ1n) is 7.36. The van der Waals surface area contributed by atoms with Crippen molar-refractivity contribution < 1.29 is 9.53 Å². The van der Waals surface area contributed by atoms with Crippen LogP contribution < -0.4 is 10.1 Å². The van der Waals surface area contributed by atoms with E-state index in [1.807, 2.05) is 24.3 Å². The number of thiophene rings is 1. The number of carbonyl (C=O) groups is 1. The van der Waals surface area contributed by atoms with Gasteiger partial charge in [-0.1, -0.05) is 24.3 Å². The standard InChI is InChI=1S/C17H19NO2S/c19-17(9-3-5-13-6-4-12-21-13)18-15-10-11-20-16-8-2-1-7-14(15)16/h1-2,4,6-8,12,15H,3,5,9-11H2,(H,18,19). The highest BCUT2D eigenvalue weighted by molar-refractivity contribution is 7.09. The number of rotatable bonds is 5. The average molecular weight is 301 g/mol. The number of carbonyl (C=O) groups excluding carboxylic acids is 1. The van der Waals surface area contributed by atoms with Gasteiger partial charge in [-0.2, -0.15) is 0 Å². The lowest BCUT2D eigenvalue weighted by Gasteiger charge is -2.26. The van der Waals surface area contributed by atoms with Gasteiger partial charge in [0.15, 0.2) is 0 Å². The Morgan fingerprint density at radius 1 is 1.29 bits per heavy atom. The minimum absolute atomic E-state index is 0.0872. The third-order valence-electron chi connectivity index (χ3n) is 3.70. The molecule has 1 unspecified atom stereocenters. The Kier molecular flexibility index (Phi) is 4.55. The smallest absolute Gasteiger partial charge is 0.220 e. The van der Waals surface area contributed by atoms with E-state index in [0.717, 1.165) is 30.6 Å². The summed E-state index contributed by atoms with van der Waals surface area (Å²) in [5.41, 5.74) is 1.09. The molecule has 21 heavy (non-hydrogen) atoms. The molecule has 3 nitrogen and oxygen atoms in total. The molecule has 1 aliphatic rings. The van der Waals surface area contributed by atoms with E-state index in [4.69, 9.17) is 4.74 Å². The summed E-state index contributed by atoms with van der Waals surface area (Å²) in [7, 11) is 0. The van der Waals surface area contributed by atoms with Crippen LogP contribution in [0.1, 0.15) is 35.7 Å². The summed E-state index contributed by atoms with van der Waals surface area (Å²) in [6.45, 7) is 0.664. The Bertz CT molecular complexity index is 595. The lowest BCUT2D eigenvalue weighted by Crippen LogP contribution is -2.32. The zero-order valence-corrected chi connectivity index (χ0v) is 12.7. The summed E-state index contributed by atoms with van der Waals surface area (Å²) >= 11 is 1.75. The van der Waals surface area contributed by atoms with Crippen LogP contribution in [-0.2, 0) is 11.2 Å². The molecular formula is C17H19NO2S. The van der Waals surface area contributed by atoms with Gasteiger partial charge in [0.25, 0.3) is 0 Å². The summed E-state index contributed by atoms with van der Waals surface area (Å²) in [6, 6.07) is 12.2. The van der Waals surface area contributed by atoms with E-state index in [1.165, 1.54) is 4.88 Å². The third-order valence-corrected chi connectivity index (χ3v) is 4.64. The Labute approximate surface area is 129 Å². The maximum absolute atomic E-state index is 12.1. The van der Waals surface area contributed by atoms with Crippen molar-refractivity contribution in [3.05, 3.63) is 52.2 Å². The zero-order valence-electron chi connectivity index (χ0n) is 11.9. The molecule has 3 rings (SSSR count). The molecule has 1 aliphatic heterocycles. The van der Waals surface area contributed by atoms with E-state index < -0.39 is 0 Å². The number of fused-ring (bicyclic) bond motifs is 1. The fourth-order valence-corrected chi connectivity index (χ4v) is 3.39. The first-order valence-corrected chi connectivity index (χ1v) is 8.24. The molecule has 0 saturated heterocycles. The number of ether oxygens (including phenoxy) is 1. The molecule has 110 valence electrons. The van der Waals surface area contributed by atoms with Crippen molar-refractivity contribution in [1.82, 2.24) is 5.32 Å². The van der Waals surface area contributed by atoms with E-state index in [9.17, 15) is 4.79 Å². The van der Waals surface area contributed by atoms with Crippen LogP contribution in [0.3, 0.4) is 0 Å². The second kappa shape index (κ2) is 6.76. The summed E-state index contributed by atoms with van der Waals surface area (Å²) in [4.78, 5) is 13.4. The molecule has 1 atom stereocenters. The Morgan fingerprint density at radius 2 is 2.19 bits per heavy atom. The number of amides is 1. The van der Waals surface area contributed by atoms with E-state index in [0.29, 0.717) is 13.0 Å². The molecule has 1 aromatic carbocycles. The Hall–Kier alpha value is -1.81. The number of para-hydroxylation sites is 1. The minimum Gasteiger partial charge on any atom is -0.493 e. The molecule has 1 N–H and O–H groups in total. The summed E-state index contributed by atoms with van der Waals surface area (Å²) < 4.78 is 5.62. The molecule has 0 aliphatic carbocycles. The van der Waals surface area contributed by atoms with Crippen molar-refractivity contribution in [2.24, 2.45) is 0 Å². The van der Waals surface area contributed by atoms with Crippen LogP contribution in [0.25, 0.3) is 0 Å². The number of hydrogen-bond acceptors (Lipinski definition) is 3. The van der Waals surface area contributed by atoms with Gasteiger partial charge < -0.3 is 10.1 Å². The highest BCUT2D eigenvalue weighted by atomic mass is 32.1. The molecule has 0 spiro atoms. The molecule has 2 aromatic rings. The summed E-state index contributed by atoms with van der Waals surface area (Å²) in [6.07, 6.45) is 3.30. The molecule has 4 heteroatoms. The number of hydrogen-bond donors (Lipinski definition) is 1. The molecule has 1 amide bonds. The quantitative estimate of drug-likeness (QED) is 0.914. The van der Waals surface area contributed by atoms with Crippen molar-refractivity contribution in [2.75, 3.05) is 6.61 Å². The number of aryl methyl sites for hydroxylation is 1. The molecule has 0 saturated carbocycles. The lowest BCUT2D eigenvalue weighted by atomic mass is 10.0. The maximum atomic E-state index is 12.1. The first-order chi connectivity index (χ1) is 10.3. The van der Waals surface area contributed by atoms with Gasteiger partial charge in [0, 0.05) is 23.3 Å². The van der Waals surface area contributed by atoms with Gasteiger partial charge in [-0.3, -0.25) is 4.79 Å². The largest absolute Gasteiger partial charge is 0.493 e. The second-order valence-corrected chi connectivity index (χ2v) is 6.26. The minimum atomic E-state index is 0.0872. The zero-order chi connectivity index (χ0) is 14.5. The topological polar surface area (TPSA) is 38.3 Å². The Balaban J connectivity index is 1.51. The van der Waals surface area contributed by atoms with Crippen molar-refractivity contribution in [1.29, 1.82) is 0 Å². The van der Waals surface area contributed by atoms with Gasteiger partial charge in [0.1, 0.15) is 5.75 Å². The van der Waals surface area contributed by atoms with Crippen LogP contribution in [0.2, 0.25) is 0 Å². The highest BCUT2D eigenvalue weighted by Crippen LogP contribution is 2.31. The second-order valence-electron chi connectivity index (χ2n) is 5.23. The molecule has 0 radical (unpaired) electrons. The van der Waals surface area contributed by atoms with Crippen molar-refractivity contribution in [3.63, 3.8) is 0 Å². The predicted molar refractivity (Wildman–Crippen MR) is 84.7 cm³/mol. The summed E-state index contributed by atoms with van der Waals surface area (Å²) in [5.74, 6) is 1.03. The molecular weight excluding hydrogens is 282 g/mol. The van der Waals surface area contributed by atoms with Gasteiger partial charge in [-0.25, -0.2) is 0 Å². The molecule has 0 bridgehead atoms. The fraction of sp³-hybridized carbons (Fsp3) is 0.353. The van der Waals surface area contributed by atoms with Gasteiger partial charge in [-0.15, -0.1) is 11.3 Å². The van der Waals surface area contributed by atoms with Crippen molar-refractivity contribution in [3.8, 4) is 5.75 Å². The van der Waals surface area contributed by atoms with Crippen LogP contribution in [0.5, 0.6) is 5.75 Å². The van der Waals surface area contributed by atoms with Crippen LogP contribution in [0, 0.1) is 0 Å². The van der Waals surface area contributed by atoms with Crippen molar-refractivity contribution in [2.45, 2.75) is 31.7 Å². The lowest BCUT2D eigenvalue weighted by molar-refractivity contribution is -0.122. The molecule has 2 heterocycles. The van der Waals surface area contributed by atoms with Crippen LogP contribution in [-0.4, -0.2) is 12.5 Å². The normalized spacial score (nSPS) is 16.9. The highest BCUT2D eigenvalue weighted by Gasteiger charge is 2.22. The van der Waals surface area contributed by atoms with Crippen LogP contribution in [0.4, 0.5) is 0 Å². The number of nitrogens with one attached hydrogen (secondary N) is 1. The molecule has 1 aromatic heterocycles.